The summed E-state index contributed by atoms with van der Waals surface area (Å²) in [5.74, 6) is -2.04. The number of amides is 4. The molecule has 0 saturated carbocycles. The molecule has 3 rings (SSSR count). The SMILES string of the molecule is COC(=O)c1ccc(N2C(=O)NC(=O)C(=Cc3ccccc3)C2=O)cc1. The van der Waals surface area contributed by atoms with Crippen molar-refractivity contribution in [2.24, 2.45) is 0 Å². The van der Waals surface area contributed by atoms with E-state index in [1.54, 1.807) is 24.3 Å². The van der Waals surface area contributed by atoms with Gasteiger partial charge in [-0.25, -0.2) is 14.5 Å². The maximum Gasteiger partial charge on any atom is 0.337 e. The molecular formula is C19H14N2O5. The van der Waals surface area contributed by atoms with Crippen LogP contribution in [0.5, 0.6) is 0 Å². The second-order valence-electron chi connectivity index (χ2n) is 5.41. The molecule has 1 N–H and O–H groups in total. The second kappa shape index (κ2) is 7.02. The number of hydrogen-bond acceptors (Lipinski definition) is 5. The Kier molecular flexibility index (Phi) is 4.62. The molecule has 2 aromatic rings. The molecule has 0 spiro atoms. The fourth-order valence-corrected chi connectivity index (χ4v) is 2.47. The fourth-order valence-electron chi connectivity index (χ4n) is 2.47. The van der Waals surface area contributed by atoms with Gasteiger partial charge in [0, 0.05) is 0 Å². The average molecular weight is 350 g/mol. The van der Waals surface area contributed by atoms with Gasteiger partial charge in [-0.3, -0.25) is 14.9 Å². The topological polar surface area (TPSA) is 92.8 Å². The number of benzene rings is 2. The molecule has 0 bridgehead atoms. The number of anilines is 1. The molecule has 0 atom stereocenters. The zero-order chi connectivity index (χ0) is 18.7. The van der Waals surface area contributed by atoms with Crippen LogP contribution in [-0.2, 0) is 14.3 Å². The summed E-state index contributed by atoms with van der Waals surface area (Å²) in [7, 11) is 1.25. The largest absolute Gasteiger partial charge is 0.465 e. The third-order valence-electron chi connectivity index (χ3n) is 3.76. The minimum atomic E-state index is -0.851. The highest BCUT2D eigenvalue weighted by atomic mass is 16.5. The van der Waals surface area contributed by atoms with E-state index in [0.717, 1.165) is 4.90 Å². The first-order chi connectivity index (χ1) is 12.5. The predicted octanol–water partition coefficient (Wildman–Crippen LogP) is 2.14. The molecule has 7 heteroatoms. The smallest absolute Gasteiger partial charge is 0.337 e. The Morgan fingerprint density at radius 3 is 2.27 bits per heavy atom. The molecule has 1 saturated heterocycles. The summed E-state index contributed by atoms with van der Waals surface area (Å²) in [6, 6.07) is 13.7. The van der Waals surface area contributed by atoms with E-state index in [4.69, 9.17) is 0 Å². The van der Waals surface area contributed by atoms with E-state index in [2.05, 4.69) is 10.1 Å². The summed E-state index contributed by atoms with van der Waals surface area (Å²) < 4.78 is 4.61. The van der Waals surface area contributed by atoms with Crippen molar-refractivity contribution < 1.29 is 23.9 Å². The lowest BCUT2D eigenvalue weighted by molar-refractivity contribution is -0.122. The molecule has 1 fully saturated rings. The van der Waals surface area contributed by atoms with Gasteiger partial charge in [0.1, 0.15) is 5.57 Å². The quantitative estimate of drug-likeness (QED) is 0.520. The lowest BCUT2D eigenvalue weighted by atomic mass is 10.1. The van der Waals surface area contributed by atoms with Gasteiger partial charge in [0.25, 0.3) is 11.8 Å². The van der Waals surface area contributed by atoms with Crippen LogP contribution in [0.4, 0.5) is 10.5 Å². The van der Waals surface area contributed by atoms with Gasteiger partial charge in [-0.2, -0.15) is 0 Å². The van der Waals surface area contributed by atoms with Gasteiger partial charge < -0.3 is 4.74 Å². The van der Waals surface area contributed by atoms with Gasteiger partial charge >= 0.3 is 12.0 Å². The maximum atomic E-state index is 12.7. The summed E-state index contributed by atoms with van der Waals surface area (Å²) >= 11 is 0. The van der Waals surface area contributed by atoms with Gasteiger partial charge in [-0.15, -0.1) is 0 Å². The van der Waals surface area contributed by atoms with Crippen LogP contribution < -0.4 is 10.2 Å². The van der Waals surface area contributed by atoms with Crippen LogP contribution in [0.15, 0.2) is 60.2 Å². The average Bonchev–Trinajstić information content (AvgIpc) is 2.66. The molecule has 1 aliphatic heterocycles. The minimum Gasteiger partial charge on any atom is -0.465 e. The van der Waals surface area contributed by atoms with Gasteiger partial charge in [0.2, 0.25) is 0 Å². The number of esters is 1. The lowest BCUT2D eigenvalue weighted by Crippen LogP contribution is -2.54. The molecule has 0 aromatic heterocycles. The van der Waals surface area contributed by atoms with Crippen LogP contribution in [0.25, 0.3) is 6.08 Å². The zero-order valence-electron chi connectivity index (χ0n) is 13.8. The Hall–Kier alpha value is -3.74. The number of carbonyl (C=O) groups excluding carboxylic acids is 4. The highest BCUT2D eigenvalue weighted by Crippen LogP contribution is 2.22. The standard InChI is InChI=1S/C19H14N2O5/c1-26-18(24)13-7-9-14(10-8-13)21-17(23)15(16(22)20-19(21)25)11-12-5-3-2-4-6-12/h2-11H,1H3,(H,20,22,25). The molecule has 7 nitrogen and oxygen atoms in total. The lowest BCUT2D eigenvalue weighted by Gasteiger charge is -2.26. The molecule has 0 unspecified atom stereocenters. The summed E-state index contributed by atoms with van der Waals surface area (Å²) in [5, 5.41) is 2.14. The number of nitrogens with zero attached hydrogens (tertiary/aromatic N) is 1. The first kappa shape index (κ1) is 17.1. The first-order valence-electron chi connectivity index (χ1n) is 7.66. The Balaban J connectivity index is 1.95. The van der Waals surface area contributed by atoms with Crippen LogP contribution in [0.2, 0.25) is 0 Å². The first-order valence-corrected chi connectivity index (χ1v) is 7.66. The predicted molar refractivity (Wildman–Crippen MR) is 93.2 cm³/mol. The number of hydrogen-bond donors (Lipinski definition) is 1. The number of barbiturate groups is 1. The molecule has 0 radical (unpaired) electrons. The van der Waals surface area contributed by atoms with Crippen LogP contribution in [0.3, 0.4) is 0 Å². The van der Waals surface area contributed by atoms with Crippen molar-refractivity contribution in [1.82, 2.24) is 5.32 Å². The second-order valence-corrected chi connectivity index (χ2v) is 5.41. The Bertz CT molecular complexity index is 917. The third-order valence-corrected chi connectivity index (χ3v) is 3.76. The van der Waals surface area contributed by atoms with Crippen molar-refractivity contribution in [1.29, 1.82) is 0 Å². The van der Waals surface area contributed by atoms with Crippen molar-refractivity contribution in [2.45, 2.75) is 0 Å². The Labute approximate surface area is 148 Å². The molecule has 0 aliphatic carbocycles. The fraction of sp³-hybridized carbons (Fsp3) is 0.0526. The normalized spacial score (nSPS) is 15.8. The summed E-state index contributed by atoms with van der Waals surface area (Å²) in [4.78, 5) is 49.3. The molecule has 2 aromatic carbocycles. The Morgan fingerprint density at radius 1 is 1.00 bits per heavy atom. The number of methoxy groups -OCH3 is 1. The summed E-state index contributed by atoms with van der Waals surface area (Å²) in [6.45, 7) is 0. The summed E-state index contributed by atoms with van der Waals surface area (Å²) in [6.07, 6.45) is 1.42. The van der Waals surface area contributed by atoms with E-state index >= 15 is 0 Å². The number of nitrogens with one attached hydrogen (secondary N) is 1. The monoisotopic (exact) mass is 350 g/mol. The van der Waals surface area contributed by atoms with Gasteiger partial charge in [-0.1, -0.05) is 30.3 Å². The van der Waals surface area contributed by atoms with E-state index in [1.165, 1.54) is 37.5 Å². The molecule has 4 amide bonds. The number of rotatable bonds is 3. The number of imide groups is 2. The molecule has 26 heavy (non-hydrogen) atoms. The number of urea groups is 1. The van der Waals surface area contributed by atoms with Gasteiger partial charge in [0.15, 0.2) is 0 Å². The number of carbonyl (C=O) groups is 4. The highest BCUT2D eigenvalue weighted by Gasteiger charge is 2.36. The van der Waals surface area contributed by atoms with Crippen LogP contribution in [-0.4, -0.2) is 30.9 Å². The van der Waals surface area contributed by atoms with E-state index < -0.39 is 23.8 Å². The molecule has 1 heterocycles. The minimum absolute atomic E-state index is 0.159. The van der Waals surface area contributed by atoms with Crippen LogP contribution >= 0.6 is 0 Å². The van der Waals surface area contributed by atoms with E-state index in [9.17, 15) is 19.2 Å². The Morgan fingerprint density at radius 2 is 1.65 bits per heavy atom. The third kappa shape index (κ3) is 3.23. The van der Waals surface area contributed by atoms with Gasteiger partial charge in [0.05, 0.1) is 18.4 Å². The summed E-state index contributed by atoms with van der Waals surface area (Å²) in [5.41, 5.74) is 0.998. The van der Waals surface area contributed by atoms with Crippen molar-refractivity contribution in [3.8, 4) is 0 Å². The zero-order valence-corrected chi connectivity index (χ0v) is 13.8. The van der Waals surface area contributed by atoms with E-state index in [1.807, 2.05) is 6.07 Å². The molecule has 130 valence electrons. The van der Waals surface area contributed by atoms with Crippen molar-refractivity contribution in [3.63, 3.8) is 0 Å². The van der Waals surface area contributed by atoms with Crippen LogP contribution in [0.1, 0.15) is 15.9 Å². The number of ether oxygens (including phenoxy) is 1. The van der Waals surface area contributed by atoms with E-state index in [0.29, 0.717) is 5.56 Å². The molecular weight excluding hydrogens is 336 g/mol. The molecule has 1 aliphatic rings. The van der Waals surface area contributed by atoms with Crippen molar-refractivity contribution >= 4 is 35.6 Å². The van der Waals surface area contributed by atoms with E-state index in [-0.39, 0.29) is 16.8 Å². The van der Waals surface area contributed by atoms with Gasteiger partial charge in [-0.05, 0) is 35.9 Å². The van der Waals surface area contributed by atoms with Crippen LogP contribution in [0, 0.1) is 0 Å². The highest BCUT2D eigenvalue weighted by molar-refractivity contribution is 6.39. The van der Waals surface area contributed by atoms with Crippen molar-refractivity contribution in [3.05, 3.63) is 71.3 Å². The maximum absolute atomic E-state index is 12.7. The van der Waals surface area contributed by atoms with Crippen molar-refractivity contribution in [2.75, 3.05) is 12.0 Å².